The Balaban J connectivity index is 2.93. The molecule has 1 aromatic rings. The van der Waals surface area contributed by atoms with Crippen molar-refractivity contribution in [3.8, 4) is 11.5 Å². The Morgan fingerprint density at radius 1 is 1.37 bits per heavy atom. The molecule has 1 rings (SSSR count). The topological polar surface area (TPSA) is 54.3 Å². The molecule has 1 aromatic carbocycles. The van der Waals surface area contributed by atoms with Crippen LogP contribution in [0.5, 0.6) is 11.5 Å². The normalized spacial score (nSPS) is 11.2. The smallest absolute Gasteiger partial charge is 0.175 e. The van der Waals surface area contributed by atoms with Crippen LogP contribution in [0.2, 0.25) is 0 Å². The van der Waals surface area contributed by atoms with Crippen LogP contribution in [0.3, 0.4) is 0 Å². The third-order valence-corrected chi connectivity index (χ3v) is 2.91. The molecular weight excluding hydrogens is 312 g/mol. The highest BCUT2D eigenvalue weighted by Gasteiger charge is 2.11. The van der Waals surface area contributed by atoms with Gasteiger partial charge in [0.05, 0.1) is 17.3 Å². The summed E-state index contributed by atoms with van der Waals surface area (Å²) in [6, 6.07) is 3.59. The second-order valence-electron chi connectivity index (χ2n) is 4.16. The van der Waals surface area contributed by atoms with Crippen molar-refractivity contribution in [3.63, 3.8) is 0 Å². The van der Waals surface area contributed by atoms with Crippen LogP contribution < -0.4 is 9.47 Å². The Kier molecular flexibility index (Phi) is 6.66. The highest BCUT2D eigenvalue weighted by molar-refractivity contribution is 9.10. The molecule has 0 aromatic heterocycles. The lowest BCUT2D eigenvalue weighted by atomic mass is 10.2. The molecule has 6 heteroatoms. The summed E-state index contributed by atoms with van der Waals surface area (Å²) in [6.45, 7) is 3.83. The predicted octanol–water partition coefficient (Wildman–Crippen LogP) is 2.60. The summed E-state index contributed by atoms with van der Waals surface area (Å²) in [7, 11) is 3.98. The van der Waals surface area contributed by atoms with Gasteiger partial charge in [-0.2, -0.15) is 0 Å². The van der Waals surface area contributed by atoms with Gasteiger partial charge in [0, 0.05) is 12.1 Å². The lowest BCUT2D eigenvalue weighted by Crippen LogP contribution is -2.19. The number of hydrogen-bond acceptors (Lipinski definition) is 5. The molecule has 1 N–H and O–H groups in total. The molecule has 0 radical (unpaired) electrons. The Morgan fingerprint density at radius 2 is 2.11 bits per heavy atom. The van der Waals surface area contributed by atoms with E-state index in [9.17, 15) is 0 Å². The number of ether oxygens (including phenoxy) is 2. The van der Waals surface area contributed by atoms with Crippen molar-refractivity contribution >= 4 is 22.1 Å². The van der Waals surface area contributed by atoms with Gasteiger partial charge in [-0.3, -0.25) is 0 Å². The van der Waals surface area contributed by atoms with Crippen LogP contribution in [0.25, 0.3) is 0 Å². The zero-order chi connectivity index (χ0) is 14.3. The van der Waals surface area contributed by atoms with Crippen LogP contribution in [0, 0.1) is 0 Å². The maximum Gasteiger partial charge on any atom is 0.175 e. The van der Waals surface area contributed by atoms with Gasteiger partial charge in [0.1, 0.15) is 6.61 Å². The molecule has 0 unspecified atom stereocenters. The second-order valence-corrected chi connectivity index (χ2v) is 5.01. The highest BCUT2D eigenvalue weighted by Crippen LogP contribution is 2.36. The number of halogens is 1. The molecule has 0 saturated heterocycles. The lowest BCUT2D eigenvalue weighted by Gasteiger charge is -2.16. The minimum Gasteiger partial charge on any atom is -0.490 e. The molecular formula is C13H19BrN2O3. The number of rotatable bonds is 7. The summed E-state index contributed by atoms with van der Waals surface area (Å²) in [5.41, 5.74) is 0.734. The average molecular weight is 331 g/mol. The van der Waals surface area contributed by atoms with E-state index in [4.69, 9.17) is 14.7 Å². The SMILES string of the molecule is CCOc1cc(C=NO)cc(Br)c1OCCN(C)C. The molecule has 0 atom stereocenters. The molecule has 0 saturated carbocycles. The van der Waals surface area contributed by atoms with E-state index >= 15 is 0 Å². The standard InChI is InChI=1S/C13H19BrN2O3/c1-4-18-12-8-10(9-15-17)7-11(14)13(12)19-6-5-16(2)3/h7-9,17H,4-6H2,1-3H3. The van der Waals surface area contributed by atoms with Gasteiger partial charge in [-0.15, -0.1) is 0 Å². The summed E-state index contributed by atoms with van der Waals surface area (Å²) in [5.74, 6) is 1.30. The summed E-state index contributed by atoms with van der Waals surface area (Å²) in [4.78, 5) is 2.04. The number of hydrogen-bond donors (Lipinski definition) is 1. The molecule has 0 amide bonds. The fourth-order valence-corrected chi connectivity index (χ4v) is 2.04. The summed E-state index contributed by atoms with van der Waals surface area (Å²) in [6.07, 6.45) is 1.34. The van der Waals surface area contributed by atoms with E-state index < -0.39 is 0 Å². The van der Waals surface area contributed by atoms with E-state index in [0.29, 0.717) is 24.7 Å². The van der Waals surface area contributed by atoms with E-state index in [2.05, 4.69) is 21.1 Å². The van der Waals surface area contributed by atoms with Gasteiger partial charge in [0.25, 0.3) is 0 Å². The lowest BCUT2D eigenvalue weighted by molar-refractivity contribution is 0.242. The molecule has 0 heterocycles. The minimum atomic E-state index is 0.538. The van der Waals surface area contributed by atoms with Crippen molar-refractivity contribution in [2.45, 2.75) is 6.92 Å². The first-order valence-electron chi connectivity index (χ1n) is 5.99. The van der Waals surface area contributed by atoms with Gasteiger partial charge in [0.15, 0.2) is 11.5 Å². The van der Waals surface area contributed by atoms with Gasteiger partial charge >= 0.3 is 0 Å². The molecule has 106 valence electrons. The molecule has 0 aliphatic heterocycles. The van der Waals surface area contributed by atoms with Crippen molar-refractivity contribution in [1.29, 1.82) is 0 Å². The van der Waals surface area contributed by atoms with Gasteiger partial charge in [-0.25, -0.2) is 0 Å². The summed E-state index contributed by atoms with van der Waals surface area (Å²) in [5, 5.41) is 11.6. The van der Waals surface area contributed by atoms with E-state index in [0.717, 1.165) is 16.6 Å². The first-order valence-corrected chi connectivity index (χ1v) is 6.79. The Hall–Kier alpha value is -1.27. The second kappa shape index (κ2) is 8.01. The molecule has 0 aliphatic rings. The molecule has 0 aliphatic carbocycles. The Labute approximate surface area is 121 Å². The molecule has 0 bridgehead atoms. The first-order chi connectivity index (χ1) is 9.08. The maximum atomic E-state index is 8.58. The fraction of sp³-hybridized carbons (Fsp3) is 0.462. The van der Waals surface area contributed by atoms with Crippen molar-refractivity contribution in [3.05, 3.63) is 22.2 Å². The number of benzene rings is 1. The van der Waals surface area contributed by atoms with Crippen LogP contribution in [-0.4, -0.2) is 50.2 Å². The quantitative estimate of drug-likeness (QED) is 0.474. The average Bonchev–Trinajstić information content (AvgIpc) is 2.33. The van der Waals surface area contributed by atoms with Gasteiger partial charge in [-0.1, -0.05) is 5.16 Å². The van der Waals surface area contributed by atoms with Crippen molar-refractivity contribution in [2.24, 2.45) is 5.16 Å². The fourth-order valence-electron chi connectivity index (χ4n) is 1.46. The zero-order valence-electron chi connectivity index (χ0n) is 11.4. The number of likely N-dealkylation sites (N-methyl/N-ethyl adjacent to an activating group) is 1. The Morgan fingerprint density at radius 3 is 2.68 bits per heavy atom. The van der Waals surface area contributed by atoms with Gasteiger partial charge in [-0.05, 0) is 49.1 Å². The first kappa shape index (κ1) is 15.8. The van der Waals surface area contributed by atoms with E-state index in [1.807, 2.05) is 32.0 Å². The third kappa shape index (κ3) is 5.08. The van der Waals surface area contributed by atoms with Crippen LogP contribution in [0.4, 0.5) is 0 Å². The molecule has 0 fully saturated rings. The molecule has 5 nitrogen and oxygen atoms in total. The third-order valence-electron chi connectivity index (χ3n) is 2.32. The van der Waals surface area contributed by atoms with Crippen LogP contribution in [0.1, 0.15) is 12.5 Å². The summed E-state index contributed by atoms with van der Waals surface area (Å²) >= 11 is 3.44. The number of nitrogens with zero attached hydrogens (tertiary/aromatic N) is 2. The largest absolute Gasteiger partial charge is 0.490 e. The zero-order valence-corrected chi connectivity index (χ0v) is 13.0. The van der Waals surface area contributed by atoms with Crippen LogP contribution in [0.15, 0.2) is 21.8 Å². The Bertz CT molecular complexity index is 436. The van der Waals surface area contributed by atoms with Crippen molar-refractivity contribution < 1.29 is 14.7 Å². The van der Waals surface area contributed by atoms with Crippen molar-refractivity contribution in [1.82, 2.24) is 4.90 Å². The number of oxime groups is 1. The van der Waals surface area contributed by atoms with Gasteiger partial charge in [0.2, 0.25) is 0 Å². The minimum absolute atomic E-state index is 0.538. The van der Waals surface area contributed by atoms with Crippen LogP contribution in [-0.2, 0) is 0 Å². The summed E-state index contributed by atoms with van der Waals surface area (Å²) < 4.78 is 12.1. The van der Waals surface area contributed by atoms with Gasteiger partial charge < -0.3 is 19.6 Å². The molecule has 0 spiro atoms. The highest BCUT2D eigenvalue weighted by atomic mass is 79.9. The maximum absolute atomic E-state index is 8.58. The van der Waals surface area contributed by atoms with E-state index in [1.165, 1.54) is 6.21 Å². The monoisotopic (exact) mass is 330 g/mol. The van der Waals surface area contributed by atoms with E-state index in [1.54, 1.807) is 6.07 Å². The molecule has 19 heavy (non-hydrogen) atoms. The van der Waals surface area contributed by atoms with Crippen molar-refractivity contribution in [2.75, 3.05) is 33.9 Å². The van der Waals surface area contributed by atoms with Crippen LogP contribution >= 0.6 is 15.9 Å². The predicted molar refractivity (Wildman–Crippen MR) is 78.7 cm³/mol. The van der Waals surface area contributed by atoms with E-state index in [-0.39, 0.29) is 0 Å².